The van der Waals surface area contributed by atoms with E-state index in [1.807, 2.05) is 19.1 Å². The summed E-state index contributed by atoms with van der Waals surface area (Å²) in [6, 6.07) is 5.61. The van der Waals surface area contributed by atoms with Crippen LogP contribution in [0.4, 0.5) is 0 Å². The summed E-state index contributed by atoms with van der Waals surface area (Å²) < 4.78 is 5.05. The molecule has 1 heterocycles. The smallest absolute Gasteiger partial charge is 0.293 e. The van der Waals surface area contributed by atoms with Crippen molar-refractivity contribution < 1.29 is 14.6 Å². The number of phenols is 1. The first-order chi connectivity index (χ1) is 11.7. The average molecular weight is 343 g/mol. The zero-order valence-electron chi connectivity index (χ0n) is 13.7. The predicted molar refractivity (Wildman–Crippen MR) is 95.3 cm³/mol. The van der Waals surface area contributed by atoms with Crippen molar-refractivity contribution in [2.45, 2.75) is 38.5 Å². The maximum absolute atomic E-state index is 10.7. The number of hydrogen-bond donors (Lipinski definition) is 1. The summed E-state index contributed by atoms with van der Waals surface area (Å²) in [6.07, 6.45) is 6.76. The normalized spacial score (nSPS) is 15.3. The van der Waals surface area contributed by atoms with E-state index in [9.17, 15) is 9.90 Å². The molecule has 2 aromatic rings. The SMILES string of the molecule is Cc1ncsc1C(COC=O)c1ccc(O)c(C=C2CCCC2)c1. The highest BCUT2D eigenvalue weighted by molar-refractivity contribution is 7.09. The third kappa shape index (κ3) is 3.67. The molecule has 126 valence electrons. The molecule has 1 aromatic carbocycles. The first kappa shape index (κ1) is 16.7. The molecule has 1 aliphatic carbocycles. The first-order valence-electron chi connectivity index (χ1n) is 8.16. The molecule has 0 bridgehead atoms. The lowest BCUT2D eigenvalue weighted by molar-refractivity contribution is -0.128. The van der Waals surface area contributed by atoms with Gasteiger partial charge in [-0.25, -0.2) is 4.98 Å². The number of phenolic OH excluding ortho intramolecular Hbond substituents is 1. The summed E-state index contributed by atoms with van der Waals surface area (Å²) in [4.78, 5) is 16.1. The van der Waals surface area contributed by atoms with E-state index in [2.05, 4.69) is 11.1 Å². The number of aromatic nitrogens is 1. The van der Waals surface area contributed by atoms with Gasteiger partial charge in [0.05, 0.1) is 17.1 Å². The maximum Gasteiger partial charge on any atom is 0.293 e. The number of carbonyl (C=O) groups is 1. The van der Waals surface area contributed by atoms with Gasteiger partial charge in [0, 0.05) is 10.4 Å². The summed E-state index contributed by atoms with van der Waals surface area (Å²) >= 11 is 1.56. The third-order valence-corrected chi connectivity index (χ3v) is 5.53. The Kier molecular flexibility index (Phi) is 5.30. The zero-order chi connectivity index (χ0) is 16.9. The van der Waals surface area contributed by atoms with Gasteiger partial charge in [-0.1, -0.05) is 17.7 Å². The number of carbonyl (C=O) groups excluding carboxylic acids is 1. The Bertz CT molecular complexity index is 743. The second-order valence-electron chi connectivity index (χ2n) is 6.11. The van der Waals surface area contributed by atoms with E-state index in [0.717, 1.165) is 34.5 Å². The fraction of sp³-hybridized carbons (Fsp3) is 0.368. The van der Waals surface area contributed by atoms with Crippen molar-refractivity contribution in [1.82, 2.24) is 4.98 Å². The van der Waals surface area contributed by atoms with Crippen LogP contribution in [0.5, 0.6) is 5.75 Å². The average Bonchev–Trinajstić information content (AvgIpc) is 3.23. The second kappa shape index (κ2) is 7.62. The van der Waals surface area contributed by atoms with Crippen molar-refractivity contribution in [3.05, 3.63) is 51.0 Å². The van der Waals surface area contributed by atoms with E-state index in [1.54, 1.807) is 22.9 Å². The number of ether oxygens (including phenoxy) is 1. The second-order valence-corrected chi connectivity index (χ2v) is 7.00. The Morgan fingerprint density at radius 1 is 1.38 bits per heavy atom. The molecule has 1 unspecified atom stereocenters. The minimum Gasteiger partial charge on any atom is -0.507 e. The van der Waals surface area contributed by atoms with Crippen LogP contribution in [-0.2, 0) is 9.53 Å². The molecule has 0 aliphatic heterocycles. The molecule has 1 atom stereocenters. The standard InChI is InChI=1S/C19H21NO3S/c1-13-19(24-11-20-13)17(10-23-12-21)15-6-7-18(22)16(9-15)8-14-4-2-3-5-14/h6-9,11-12,17,22H,2-5,10H2,1H3. The zero-order valence-corrected chi connectivity index (χ0v) is 14.5. The number of rotatable bonds is 6. The van der Waals surface area contributed by atoms with Gasteiger partial charge in [0.1, 0.15) is 12.4 Å². The van der Waals surface area contributed by atoms with Crippen molar-refractivity contribution in [3.63, 3.8) is 0 Å². The van der Waals surface area contributed by atoms with Gasteiger partial charge in [-0.15, -0.1) is 11.3 Å². The molecule has 1 saturated carbocycles. The number of allylic oxidation sites excluding steroid dienone is 1. The molecule has 24 heavy (non-hydrogen) atoms. The van der Waals surface area contributed by atoms with Crippen LogP contribution < -0.4 is 0 Å². The molecule has 0 amide bonds. The van der Waals surface area contributed by atoms with Crippen molar-refractivity contribution in [2.75, 3.05) is 6.61 Å². The van der Waals surface area contributed by atoms with Gasteiger partial charge in [-0.2, -0.15) is 0 Å². The lowest BCUT2D eigenvalue weighted by Crippen LogP contribution is -2.09. The first-order valence-corrected chi connectivity index (χ1v) is 9.04. The molecule has 0 radical (unpaired) electrons. The summed E-state index contributed by atoms with van der Waals surface area (Å²) in [5.74, 6) is 0.221. The van der Waals surface area contributed by atoms with Crippen LogP contribution in [0.2, 0.25) is 0 Å². The molecule has 1 aromatic heterocycles. The lowest BCUT2D eigenvalue weighted by Gasteiger charge is -2.17. The number of thiazole rings is 1. The number of nitrogens with zero attached hydrogens (tertiary/aromatic N) is 1. The van der Waals surface area contributed by atoms with Gasteiger partial charge >= 0.3 is 0 Å². The molecule has 4 nitrogen and oxygen atoms in total. The van der Waals surface area contributed by atoms with E-state index >= 15 is 0 Å². The fourth-order valence-corrected chi connectivity index (χ4v) is 4.12. The molecular formula is C19H21NO3S. The van der Waals surface area contributed by atoms with Gasteiger partial charge in [0.15, 0.2) is 0 Å². The maximum atomic E-state index is 10.7. The minimum atomic E-state index is -0.0657. The van der Waals surface area contributed by atoms with Gasteiger partial charge in [-0.3, -0.25) is 4.79 Å². The summed E-state index contributed by atoms with van der Waals surface area (Å²) in [7, 11) is 0. The number of aryl methyl sites for hydroxylation is 1. The van der Waals surface area contributed by atoms with E-state index in [1.165, 1.54) is 18.4 Å². The molecule has 1 N–H and O–H groups in total. The molecule has 5 heteroatoms. The molecule has 0 saturated heterocycles. The Hall–Kier alpha value is -2.14. The molecule has 1 aliphatic rings. The van der Waals surface area contributed by atoms with E-state index in [4.69, 9.17) is 4.74 Å². The fourth-order valence-electron chi connectivity index (χ4n) is 3.20. The summed E-state index contributed by atoms with van der Waals surface area (Å²) in [6.45, 7) is 2.71. The number of benzene rings is 1. The van der Waals surface area contributed by atoms with Gasteiger partial charge in [0.25, 0.3) is 6.47 Å². The van der Waals surface area contributed by atoms with Gasteiger partial charge < -0.3 is 9.84 Å². The lowest BCUT2D eigenvalue weighted by atomic mass is 9.94. The number of aromatic hydroxyl groups is 1. The van der Waals surface area contributed by atoms with Crippen molar-refractivity contribution >= 4 is 23.9 Å². The highest BCUT2D eigenvalue weighted by atomic mass is 32.1. The van der Waals surface area contributed by atoms with E-state index in [0.29, 0.717) is 6.47 Å². The van der Waals surface area contributed by atoms with Crippen molar-refractivity contribution in [1.29, 1.82) is 0 Å². The Labute approximate surface area is 145 Å². The Balaban J connectivity index is 1.97. The molecule has 3 rings (SSSR count). The highest BCUT2D eigenvalue weighted by Gasteiger charge is 2.20. The Morgan fingerprint density at radius 3 is 2.83 bits per heavy atom. The van der Waals surface area contributed by atoms with Crippen LogP contribution in [0.3, 0.4) is 0 Å². The van der Waals surface area contributed by atoms with Crippen LogP contribution in [-0.4, -0.2) is 23.2 Å². The quantitative estimate of drug-likeness (QED) is 0.789. The van der Waals surface area contributed by atoms with Crippen LogP contribution in [0.1, 0.15) is 53.3 Å². The molecule has 0 spiro atoms. The van der Waals surface area contributed by atoms with Gasteiger partial charge in [-0.05, 0) is 50.3 Å². The van der Waals surface area contributed by atoms with Crippen LogP contribution in [0.25, 0.3) is 6.08 Å². The summed E-state index contributed by atoms with van der Waals surface area (Å²) in [5, 5.41) is 10.2. The topological polar surface area (TPSA) is 59.4 Å². The monoisotopic (exact) mass is 343 g/mol. The molecular weight excluding hydrogens is 322 g/mol. The summed E-state index contributed by atoms with van der Waals surface area (Å²) in [5.41, 5.74) is 6.00. The third-order valence-electron chi connectivity index (χ3n) is 4.49. The Morgan fingerprint density at radius 2 is 2.17 bits per heavy atom. The number of hydrogen-bond acceptors (Lipinski definition) is 5. The van der Waals surface area contributed by atoms with Crippen LogP contribution in [0, 0.1) is 6.92 Å². The minimum absolute atomic E-state index is 0.0657. The van der Waals surface area contributed by atoms with Crippen LogP contribution in [0.15, 0.2) is 29.3 Å². The largest absolute Gasteiger partial charge is 0.507 e. The predicted octanol–water partition coefficient (Wildman–Crippen LogP) is 4.42. The van der Waals surface area contributed by atoms with Crippen LogP contribution >= 0.6 is 11.3 Å². The van der Waals surface area contributed by atoms with Crippen molar-refractivity contribution in [2.24, 2.45) is 0 Å². The highest BCUT2D eigenvalue weighted by Crippen LogP contribution is 2.34. The van der Waals surface area contributed by atoms with Gasteiger partial charge in [0.2, 0.25) is 0 Å². The molecule has 1 fully saturated rings. The van der Waals surface area contributed by atoms with E-state index in [-0.39, 0.29) is 18.3 Å². The van der Waals surface area contributed by atoms with E-state index < -0.39 is 0 Å². The van der Waals surface area contributed by atoms with Crippen molar-refractivity contribution in [3.8, 4) is 5.75 Å².